The average molecular weight is 355 g/mol. The van der Waals surface area contributed by atoms with E-state index in [1.165, 1.54) is 5.32 Å². The number of benzene rings is 1. The van der Waals surface area contributed by atoms with Gasteiger partial charge in [-0.3, -0.25) is 0 Å². The molecular weight excluding hydrogens is 349 g/mol. The molecule has 1 amide bonds. The molecule has 12 heteroatoms. The molecule has 3 nitrogen and oxygen atoms in total. The molecule has 1 aromatic carbocycles. The Morgan fingerprint density at radius 3 is 1.52 bits per heavy atom. The molecule has 0 spiro atoms. The standard InChI is InChI=1S/C11H6F9NO2/c12-9(13,14)4-1-6(10(15,16)17)5(3-21-8(22)23)7(2-4)11(18,19)20/h1-2,21H,3H2,(H,22,23). The van der Waals surface area contributed by atoms with Gasteiger partial charge >= 0.3 is 24.6 Å². The summed E-state index contributed by atoms with van der Waals surface area (Å²) in [5.41, 5.74) is -8.21. The van der Waals surface area contributed by atoms with Crippen LogP contribution in [0, 0.1) is 0 Å². The van der Waals surface area contributed by atoms with Gasteiger partial charge in [0.15, 0.2) is 0 Å². The first-order chi connectivity index (χ1) is 10.1. The van der Waals surface area contributed by atoms with E-state index < -0.39 is 65.6 Å². The van der Waals surface area contributed by atoms with Crippen LogP contribution in [0.4, 0.5) is 44.3 Å². The number of halogens is 9. The van der Waals surface area contributed by atoms with Crippen LogP contribution in [0.2, 0.25) is 0 Å². The summed E-state index contributed by atoms with van der Waals surface area (Å²) < 4.78 is 114. The molecule has 0 aliphatic rings. The van der Waals surface area contributed by atoms with Gasteiger partial charge in [0, 0.05) is 6.54 Å². The fraction of sp³-hybridized carbons (Fsp3) is 0.364. The van der Waals surface area contributed by atoms with Crippen LogP contribution in [0.1, 0.15) is 22.3 Å². The van der Waals surface area contributed by atoms with E-state index in [1.54, 1.807) is 0 Å². The third kappa shape index (κ3) is 4.66. The Hall–Kier alpha value is -2.14. The van der Waals surface area contributed by atoms with Crippen LogP contribution in [0.5, 0.6) is 0 Å². The van der Waals surface area contributed by atoms with Gasteiger partial charge < -0.3 is 10.4 Å². The number of carbonyl (C=O) groups is 1. The maximum Gasteiger partial charge on any atom is 0.416 e. The number of hydrogen-bond donors (Lipinski definition) is 2. The first-order valence-electron chi connectivity index (χ1n) is 5.49. The van der Waals surface area contributed by atoms with E-state index in [4.69, 9.17) is 5.11 Å². The Bertz CT molecular complexity index is 566. The molecule has 0 saturated carbocycles. The number of nitrogens with one attached hydrogen (secondary N) is 1. The Morgan fingerprint density at radius 1 is 0.870 bits per heavy atom. The van der Waals surface area contributed by atoms with Crippen molar-refractivity contribution in [2.24, 2.45) is 0 Å². The molecule has 0 bridgehead atoms. The first kappa shape index (κ1) is 18.9. The second kappa shape index (κ2) is 5.81. The van der Waals surface area contributed by atoms with Crippen molar-refractivity contribution in [1.29, 1.82) is 0 Å². The monoisotopic (exact) mass is 355 g/mol. The topological polar surface area (TPSA) is 49.3 Å². The minimum absolute atomic E-state index is 0.492. The van der Waals surface area contributed by atoms with Gasteiger partial charge in [-0.05, 0) is 17.7 Å². The Morgan fingerprint density at radius 2 is 1.26 bits per heavy atom. The Balaban J connectivity index is 3.71. The second-order valence-corrected chi connectivity index (χ2v) is 4.20. The molecule has 0 aliphatic heterocycles. The smallest absolute Gasteiger partial charge is 0.416 e. The van der Waals surface area contributed by atoms with Crippen LogP contribution in [-0.2, 0) is 25.1 Å². The fourth-order valence-corrected chi connectivity index (χ4v) is 1.70. The van der Waals surface area contributed by atoms with Gasteiger partial charge in [-0.1, -0.05) is 0 Å². The molecule has 0 aliphatic carbocycles. The highest BCUT2D eigenvalue weighted by molar-refractivity contribution is 5.64. The summed E-state index contributed by atoms with van der Waals surface area (Å²) in [6.45, 7) is -1.46. The first-order valence-corrected chi connectivity index (χ1v) is 5.49. The minimum atomic E-state index is -5.54. The van der Waals surface area contributed by atoms with Gasteiger partial charge in [0.05, 0.1) is 16.7 Å². The highest BCUT2D eigenvalue weighted by Gasteiger charge is 2.44. The Labute approximate surface area is 121 Å². The van der Waals surface area contributed by atoms with Crippen LogP contribution >= 0.6 is 0 Å². The SMILES string of the molecule is O=C(O)NCc1c(C(F)(F)F)cc(C(F)(F)F)cc1C(F)(F)F. The lowest BCUT2D eigenvalue weighted by Gasteiger charge is -2.21. The largest absolute Gasteiger partial charge is 0.465 e. The van der Waals surface area contributed by atoms with Crippen LogP contribution in [0.25, 0.3) is 0 Å². The summed E-state index contributed by atoms with van der Waals surface area (Å²) in [7, 11) is 0. The van der Waals surface area contributed by atoms with E-state index in [0.29, 0.717) is 0 Å². The third-order valence-electron chi connectivity index (χ3n) is 2.60. The lowest BCUT2D eigenvalue weighted by molar-refractivity contribution is -0.149. The van der Waals surface area contributed by atoms with Gasteiger partial charge in [-0.2, -0.15) is 39.5 Å². The van der Waals surface area contributed by atoms with Gasteiger partial charge in [0.1, 0.15) is 0 Å². The van der Waals surface area contributed by atoms with Crippen LogP contribution in [0.15, 0.2) is 12.1 Å². The van der Waals surface area contributed by atoms with E-state index in [9.17, 15) is 44.3 Å². The zero-order valence-electron chi connectivity index (χ0n) is 10.6. The fourth-order valence-electron chi connectivity index (χ4n) is 1.70. The summed E-state index contributed by atoms with van der Waals surface area (Å²) >= 11 is 0. The van der Waals surface area contributed by atoms with Gasteiger partial charge in [-0.15, -0.1) is 0 Å². The highest BCUT2D eigenvalue weighted by Crippen LogP contribution is 2.43. The summed E-state index contributed by atoms with van der Waals surface area (Å²) in [4.78, 5) is 10.3. The van der Waals surface area contributed by atoms with Gasteiger partial charge in [0.25, 0.3) is 0 Å². The molecule has 1 aromatic rings. The lowest BCUT2D eigenvalue weighted by Crippen LogP contribution is -2.26. The van der Waals surface area contributed by atoms with E-state index in [-0.39, 0.29) is 0 Å². The summed E-state index contributed by atoms with van der Waals surface area (Å²) in [6.07, 6.45) is -18.5. The summed E-state index contributed by atoms with van der Waals surface area (Å²) in [5.74, 6) is 0. The molecular formula is C11H6F9NO2. The molecule has 0 radical (unpaired) electrons. The maximum atomic E-state index is 12.8. The molecule has 0 saturated heterocycles. The normalized spacial score (nSPS) is 13.1. The Kier molecular flexibility index (Phi) is 4.78. The van der Waals surface area contributed by atoms with Crippen molar-refractivity contribution in [3.8, 4) is 0 Å². The van der Waals surface area contributed by atoms with Crippen LogP contribution in [0.3, 0.4) is 0 Å². The van der Waals surface area contributed by atoms with Crippen LogP contribution in [-0.4, -0.2) is 11.2 Å². The summed E-state index contributed by atoms with van der Waals surface area (Å²) in [5, 5.41) is 9.57. The minimum Gasteiger partial charge on any atom is -0.465 e. The third-order valence-corrected chi connectivity index (χ3v) is 2.60. The van der Waals surface area contributed by atoms with E-state index in [2.05, 4.69) is 0 Å². The van der Waals surface area contributed by atoms with Crippen molar-refractivity contribution in [3.63, 3.8) is 0 Å². The van der Waals surface area contributed by atoms with E-state index in [0.717, 1.165) is 0 Å². The number of alkyl halides is 9. The van der Waals surface area contributed by atoms with Crippen LogP contribution < -0.4 is 5.32 Å². The zero-order chi connectivity index (χ0) is 18.2. The second-order valence-electron chi connectivity index (χ2n) is 4.20. The molecule has 0 unspecified atom stereocenters. The molecule has 0 fully saturated rings. The quantitative estimate of drug-likeness (QED) is 0.767. The average Bonchev–Trinajstić information content (AvgIpc) is 2.31. The molecule has 23 heavy (non-hydrogen) atoms. The van der Waals surface area contributed by atoms with E-state index in [1.807, 2.05) is 0 Å². The molecule has 130 valence electrons. The summed E-state index contributed by atoms with van der Waals surface area (Å²) in [6, 6.07) is -0.984. The van der Waals surface area contributed by atoms with Gasteiger partial charge in [0.2, 0.25) is 0 Å². The van der Waals surface area contributed by atoms with E-state index >= 15 is 0 Å². The predicted molar refractivity (Wildman–Crippen MR) is 56.3 cm³/mol. The molecule has 0 atom stereocenters. The predicted octanol–water partition coefficient (Wildman–Crippen LogP) is 4.51. The number of hydrogen-bond acceptors (Lipinski definition) is 1. The van der Waals surface area contributed by atoms with Crippen molar-refractivity contribution < 1.29 is 49.4 Å². The van der Waals surface area contributed by atoms with Crippen molar-refractivity contribution in [1.82, 2.24) is 5.32 Å². The van der Waals surface area contributed by atoms with Crippen molar-refractivity contribution in [2.75, 3.05) is 0 Å². The molecule has 0 heterocycles. The van der Waals surface area contributed by atoms with Crippen molar-refractivity contribution in [3.05, 3.63) is 34.4 Å². The maximum absolute atomic E-state index is 12.8. The van der Waals surface area contributed by atoms with Crippen molar-refractivity contribution in [2.45, 2.75) is 25.1 Å². The van der Waals surface area contributed by atoms with Crippen molar-refractivity contribution >= 4 is 6.09 Å². The van der Waals surface area contributed by atoms with Gasteiger partial charge in [-0.25, -0.2) is 4.79 Å². The number of rotatable bonds is 2. The molecule has 2 N–H and O–H groups in total. The molecule has 1 rings (SSSR count). The number of amides is 1. The highest BCUT2D eigenvalue weighted by atomic mass is 19.4. The zero-order valence-corrected chi connectivity index (χ0v) is 10.6. The molecule has 0 aromatic heterocycles. The number of carboxylic acid groups (broad SMARTS) is 1. The lowest BCUT2D eigenvalue weighted by atomic mass is 9.96.